The Kier molecular flexibility index (Phi) is 6.45. The highest BCUT2D eigenvalue weighted by Crippen LogP contribution is 2.45. The molecule has 162 valence electrons. The van der Waals surface area contributed by atoms with Crippen molar-refractivity contribution in [3.8, 4) is 0 Å². The Labute approximate surface area is 187 Å². The number of aryl methyl sites for hydroxylation is 1. The van der Waals surface area contributed by atoms with Crippen molar-refractivity contribution in [3.05, 3.63) is 125 Å². The number of imidazole rings is 1. The molecule has 0 amide bonds. The van der Waals surface area contributed by atoms with Crippen LogP contribution < -0.4 is 0 Å². The van der Waals surface area contributed by atoms with Crippen LogP contribution in [0.4, 0.5) is 4.39 Å². The van der Waals surface area contributed by atoms with E-state index in [1.54, 1.807) is 6.92 Å². The second-order valence-electron chi connectivity index (χ2n) is 7.50. The predicted octanol–water partition coefficient (Wildman–Crippen LogP) is 5.43. The fourth-order valence-electron chi connectivity index (χ4n) is 4.32. The van der Waals surface area contributed by atoms with E-state index in [1.165, 1.54) is 0 Å². The molecule has 0 radical (unpaired) electrons. The van der Waals surface area contributed by atoms with Gasteiger partial charge in [0.2, 0.25) is 0 Å². The number of benzene rings is 3. The first-order chi connectivity index (χ1) is 15.7. The first-order valence-electron chi connectivity index (χ1n) is 10.7. The number of nitrogens with one attached hydrogen (secondary N) is 1. The molecule has 3 aromatic carbocycles. The Morgan fingerprint density at radius 3 is 1.78 bits per heavy atom. The Balaban J connectivity index is 1.99. The summed E-state index contributed by atoms with van der Waals surface area (Å²) in [5.74, 6) is -0.327. The van der Waals surface area contributed by atoms with Crippen molar-refractivity contribution < 1.29 is 13.9 Å². The molecular formula is C27H25FN2O2. The van der Waals surface area contributed by atoms with Gasteiger partial charge >= 0.3 is 5.97 Å². The summed E-state index contributed by atoms with van der Waals surface area (Å²) in [6.07, 6.45) is -0.284. The molecule has 0 spiro atoms. The topological polar surface area (TPSA) is 55.0 Å². The fraction of sp³-hybridized carbons (Fsp3) is 0.185. The number of carbonyl (C=O) groups is 1. The first kappa shape index (κ1) is 21.5. The molecule has 32 heavy (non-hydrogen) atoms. The van der Waals surface area contributed by atoms with Gasteiger partial charge in [-0.15, -0.1) is 0 Å². The monoisotopic (exact) mass is 428 g/mol. The maximum atomic E-state index is 14.7. The van der Waals surface area contributed by atoms with Gasteiger partial charge in [0.05, 0.1) is 29.8 Å². The molecule has 0 aliphatic rings. The molecular weight excluding hydrogens is 403 g/mol. The molecule has 0 saturated heterocycles. The van der Waals surface area contributed by atoms with Gasteiger partial charge in [-0.25, -0.2) is 4.98 Å². The van der Waals surface area contributed by atoms with Gasteiger partial charge in [-0.2, -0.15) is 4.39 Å². The quantitative estimate of drug-likeness (QED) is 0.301. The van der Waals surface area contributed by atoms with Crippen molar-refractivity contribution >= 4 is 5.97 Å². The number of aromatic nitrogens is 2. The number of esters is 1. The third-order valence-corrected chi connectivity index (χ3v) is 5.62. The average Bonchev–Trinajstić information content (AvgIpc) is 3.21. The summed E-state index contributed by atoms with van der Waals surface area (Å²) in [5.41, 5.74) is 3.19. The lowest BCUT2D eigenvalue weighted by Crippen LogP contribution is -2.32. The van der Waals surface area contributed by atoms with Crippen molar-refractivity contribution in [2.75, 3.05) is 6.61 Å². The second-order valence-corrected chi connectivity index (χ2v) is 7.50. The minimum absolute atomic E-state index is 0.125. The van der Waals surface area contributed by atoms with Crippen LogP contribution in [0.25, 0.3) is 0 Å². The molecule has 0 fully saturated rings. The largest absolute Gasteiger partial charge is 0.466 e. The standard InChI is InChI=1S/C27H25FN2O2/c1-2-32-24(31)19-18-23-25(30-26(28)29-23)27(20-12-6-3-7-13-20,21-14-8-4-9-15-21)22-16-10-5-11-17-22/h3-17H,2,18-19H2,1H3,(H,29,30). The molecule has 1 aromatic heterocycles. The van der Waals surface area contributed by atoms with Crippen molar-refractivity contribution in [1.82, 2.24) is 9.97 Å². The molecule has 0 saturated carbocycles. The average molecular weight is 429 g/mol. The predicted molar refractivity (Wildman–Crippen MR) is 122 cm³/mol. The van der Waals surface area contributed by atoms with Crippen LogP contribution in [0.1, 0.15) is 41.4 Å². The minimum Gasteiger partial charge on any atom is -0.466 e. The van der Waals surface area contributed by atoms with Crippen LogP contribution >= 0.6 is 0 Å². The minimum atomic E-state index is -0.842. The summed E-state index contributed by atoms with van der Waals surface area (Å²) in [6, 6.07) is 29.9. The Hall–Kier alpha value is -3.73. The Morgan fingerprint density at radius 2 is 1.34 bits per heavy atom. The van der Waals surface area contributed by atoms with E-state index in [-0.39, 0.29) is 18.8 Å². The van der Waals surface area contributed by atoms with E-state index in [9.17, 15) is 9.18 Å². The maximum absolute atomic E-state index is 14.7. The van der Waals surface area contributed by atoms with E-state index >= 15 is 0 Å². The molecule has 0 aliphatic heterocycles. The SMILES string of the molecule is CCOC(=O)CCc1nc(F)[nH]c1C(c1ccccc1)(c1ccccc1)c1ccccc1. The zero-order valence-corrected chi connectivity index (χ0v) is 17.9. The van der Waals surface area contributed by atoms with Crippen molar-refractivity contribution in [2.45, 2.75) is 25.2 Å². The molecule has 0 bridgehead atoms. The molecule has 0 unspecified atom stereocenters. The summed E-state index contributed by atoms with van der Waals surface area (Å²) in [6.45, 7) is 2.07. The first-order valence-corrected chi connectivity index (χ1v) is 10.7. The second kappa shape index (κ2) is 9.60. The zero-order valence-electron chi connectivity index (χ0n) is 17.9. The van der Waals surface area contributed by atoms with Crippen LogP contribution in [0.3, 0.4) is 0 Å². The van der Waals surface area contributed by atoms with Gasteiger partial charge in [0.1, 0.15) is 0 Å². The molecule has 4 rings (SSSR count). The van der Waals surface area contributed by atoms with E-state index < -0.39 is 11.5 Å². The Bertz CT molecular complexity index is 1060. The van der Waals surface area contributed by atoms with E-state index in [2.05, 4.69) is 9.97 Å². The summed E-state index contributed by atoms with van der Waals surface area (Å²) in [5, 5.41) is 0. The third-order valence-electron chi connectivity index (χ3n) is 5.62. The fourth-order valence-corrected chi connectivity index (χ4v) is 4.32. The number of hydrogen-bond acceptors (Lipinski definition) is 3. The summed E-state index contributed by atoms with van der Waals surface area (Å²) >= 11 is 0. The lowest BCUT2D eigenvalue weighted by Gasteiger charge is -2.36. The van der Waals surface area contributed by atoms with Gasteiger partial charge in [0.25, 0.3) is 6.08 Å². The number of aromatic amines is 1. The number of ether oxygens (including phenoxy) is 1. The molecule has 4 aromatic rings. The summed E-state index contributed by atoms with van der Waals surface area (Å²) < 4.78 is 19.7. The van der Waals surface area contributed by atoms with E-state index in [0.29, 0.717) is 18.0 Å². The van der Waals surface area contributed by atoms with Crippen LogP contribution in [0.2, 0.25) is 0 Å². The highest BCUT2D eigenvalue weighted by Gasteiger charge is 2.42. The van der Waals surface area contributed by atoms with Crippen LogP contribution in [-0.4, -0.2) is 22.5 Å². The zero-order chi connectivity index (χ0) is 22.4. The maximum Gasteiger partial charge on any atom is 0.306 e. The molecule has 0 aliphatic carbocycles. The molecule has 5 heteroatoms. The van der Waals surface area contributed by atoms with E-state index in [4.69, 9.17) is 4.74 Å². The normalized spacial score (nSPS) is 11.3. The lowest BCUT2D eigenvalue weighted by atomic mass is 9.66. The van der Waals surface area contributed by atoms with Gasteiger partial charge in [-0.1, -0.05) is 91.0 Å². The third kappa shape index (κ3) is 4.06. The van der Waals surface area contributed by atoms with Gasteiger partial charge in [-0.3, -0.25) is 4.79 Å². The lowest BCUT2D eigenvalue weighted by molar-refractivity contribution is -0.143. The number of carbonyl (C=O) groups excluding carboxylic acids is 1. The number of halogens is 1. The van der Waals surface area contributed by atoms with E-state index in [1.807, 2.05) is 91.0 Å². The summed E-state index contributed by atoms with van der Waals surface area (Å²) in [4.78, 5) is 19.1. The van der Waals surface area contributed by atoms with Gasteiger partial charge in [0.15, 0.2) is 0 Å². The smallest absolute Gasteiger partial charge is 0.306 e. The van der Waals surface area contributed by atoms with Crippen LogP contribution in [0.15, 0.2) is 91.0 Å². The highest BCUT2D eigenvalue weighted by atomic mass is 19.1. The molecule has 1 N–H and O–H groups in total. The van der Waals surface area contributed by atoms with E-state index in [0.717, 1.165) is 16.7 Å². The number of rotatable bonds is 8. The van der Waals surface area contributed by atoms with Crippen LogP contribution in [0.5, 0.6) is 0 Å². The number of hydrogen-bond donors (Lipinski definition) is 1. The highest BCUT2D eigenvalue weighted by molar-refractivity contribution is 5.70. The van der Waals surface area contributed by atoms with Crippen molar-refractivity contribution in [3.63, 3.8) is 0 Å². The number of nitrogens with zero attached hydrogens (tertiary/aromatic N) is 1. The number of H-pyrrole nitrogens is 1. The molecule has 1 heterocycles. The van der Waals surface area contributed by atoms with Gasteiger partial charge in [0, 0.05) is 6.42 Å². The Morgan fingerprint density at radius 1 is 0.875 bits per heavy atom. The van der Waals surface area contributed by atoms with Gasteiger partial charge in [-0.05, 0) is 23.6 Å². The molecule has 0 atom stereocenters. The summed E-state index contributed by atoms with van der Waals surface area (Å²) in [7, 11) is 0. The van der Waals surface area contributed by atoms with Crippen LogP contribution in [-0.2, 0) is 21.4 Å². The van der Waals surface area contributed by atoms with Crippen molar-refractivity contribution in [2.24, 2.45) is 0 Å². The molecule has 4 nitrogen and oxygen atoms in total. The van der Waals surface area contributed by atoms with Gasteiger partial charge < -0.3 is 9.72 Å². The van der Waals surface area contributed by atoms with Crippen LogP contribution in [0, 0.1) is 6.08 Å². The van der Waals surface area contributed by atoms with Crippen molar-refractivity contribution in [1.29, 1.82) is 0 Å².